The van der Waals surface area contributed by atoms with E-state index in [9.17, 15) is 9.18 Å². The van der Waals surface area contributed by atoms with Crippen molar-refractivity contribution in [1.82, 2.24) is 4.90 Å². The van der Waals surface area contributed by atoms with Crippen LogP contribution >= 0.6 is 23.2 Å². The predicted molar refractivity (Wildman–Crippen MR) is 91.0 cm³/mol. The average molecular weight is 353 g/mol. The molecule has 1 aliphatic rings. The van der Waals surface area contributed by atoms with Crippen LogP contribution in [0.25, 0.3) is 0 Å². The Bertz CT molecular complexity index is 730. The summed E-state index contributed by atoms with van der Waals surface area (Å²) in [4.78, 5) is 16.2. The quantitative estimate of drug-likeness (QED) is 0.812. The summed E-state index contributed by atoms with van der Waals surface area (Å²) in [5.41, 5.74) is 0.971. The van der Waals surface area contributed by atoms with Crippen LogP contribution < -0.4 is 4.90 Å². The van der Waals surface area contributed by atoms with E-state index in [2.05, 4.69) is 0 Å². The van der Waals surface area contributed by atoms with Crippen molar-refractivity contribution in [1.29, 1.82) is 0 Å². The van der Waals surface area contributed by atoms with Crippen molar-refractivity contribution in [3.63, 3.8) is 0 Å². The van der Waals surface area contributed by atoms with Crippen molar-refractivity contribution in [3.8, 4) is 0 Å². The third-order valence-corrected chi connectivity index (χ3v) is 4.48. The molecule has 2 aromatic carbocycles. The van der Waals surface area contributed by atoms with E-state index in [-0.39, 0.29) is 11.7 Å². The Kier molecular flexibility index (Phi) is 4.74. The van der Waals surface area contributed by atoms with Gasteiger partial charge in [-0.3, -0.25) is 4.79 Å². The van der Waals surface area contributed by atoms with Gasteiger partial charge in [0.25, 0.3) is 5.91 Å². The molecule has 0 atom stereocenters. The molecule has 0 aromatic heterocycles. The van der Waals surface area contributed by atoms with E-state index in [1.54, 1.807) is 35.2 Å². The summed E-state index contributed by atoms with van der Waals surface area (Å²) in [6, 6.07) is 11.5. The number of amides is 1. The summed E-state index contributed by atoms with van der Waals surface area (Å²) in [5, 5.41) is 0.860. The fourth-order valence-electron chi connectivity index (χ4n) is 2.69. The van der Waals surface area contributed by atoms with Crippen LogP contribution in [0.2, 0.25) is 10.0 Å². The first-order valence-electron chi connectivity index (χ1n) is 7.30. The highest BCUT2D eigenvalue weighted by Gasteiger charge is 2.24. The lowest BCUT2D eigenvalue weighted by Crippen LogP contribution is -2.49. The maximum Gasteiger partial charge on any atom is 0.255 e. The predicted octanol–water partition coefficient (Wildman–Crippen LogP) is 4.09. The zero-order chi connectivity index (χ0) is 16.4. The number of piperazine rings is 1. The zero-order valence-corrected chi connectivity index (χ0v) is 13.8. The van der Waals surface area contributed by atoms with Gasteiger partial charge in [-0.2, -0.15) is 0 Å². The van der Waals surface area contributed by atoms with Gasteiger partial charge in [0.1, 0.15) is 5.82 Å². The smallest absolute Gasteiger partial charge is 0.255 e. The molecule has 0 aliphatic carbocycles. The Morgan fingerprint density at radius 2 is 1.70 bits per heavy atom. The van der Waals surface area contributed by atoms with E-state index in [4.69, 9.17) is 23.2 Å². The molecular formula is C17H15Cl2FN2O. The van der Waals surface area contributed by atoms with Gasteiger partial charge in [0.15, 0.2) is 0 Å². The van der Waals surface area contributed by atoms with Gasteiger partial charge in [-0.25, -0.2) is 4.39 Å². The number of nitrogens with zero attached hydrogens (tertiary/aromatic N) is 2. The number of para-hydroxylation sites is 1. The molecule has 3 nitrogen and oxygen atoms in total. The molecule has 3 rings (SSSR count). The first-order valence-corrected chi connectivity index (χ1v) is 8.05. The number of halogens is 3. The van der Waals surface area contributed by atoms with Gasteiger partial charge < -0.3 is 9.80 Å². The summed E-state index contributed by atoms with van der Waals surface area (Å²) >= 11 is 12.0. The number of hydrogen-bond donors (Lipinski definition) is 0. The Balaban J connectivity index is 1.70. The van der Waals surface area contributed by atoms with Gasteiger partial charge in [-0.15, -0.1) is 0 Å². The second-order valence-electron chi connectivity index (χ2n) is 5.35. The molecule has 120 valence electrons. The molecule has 23 heavy (non-hydrogen) atoms. The van der Waals surface area contributed by atoms with E-state index in [0.717, 1.165) is 0 Å². The zero-order valence-electron chi connectivity index (χ0n) is 12.3. The second kappa shape index (κ2) is 6.77. The van der Waals surface area contributed by atoms with Crippen molar-refractivity contribution in [3.05, 3.63) is 63.9 Å². The molecule has 0 bridgehead atoms. The van der Waals surface area contributed by atoms with Gasteiger partial charge in [-0.05, 0) is 30.3 Å². The normalized spacial score (nSPS) is 14.9. The topological polar surface area (TPSA) is 23.6 Å². The minimum absolute atomic E-state index is 0.148. The molecule has 2 aromatic rings. The number of hydrogen-bond acceptors (Lipinski definition) is 2. The van der Waals surface area contributed by atoms with E-state index in [0.29, 0.717) is 47.5 Å². The van der Waals surface area contributed by atoms with Crippen molar-refractivity contribution >= 4 is 34.8 Å². The minimum Gasteiger partial charge on any atom is -0.366 e. The molecule has 1 fully saturated rings. The first kappa shape index (κ1) is 16.1. The maximum absolute atomic E-state index is 13.8. The van der Waals surface area contributed by atoms with Gasteiger partial charge >= 0.3 is 0 Å². The maximum atomic E-state index is 13.8. The summed E-state index contributed by atoms with van der Waals surface area (Å²) in [6.45, 7) is 2.17. The van der Waals surface area contributed by atoms with E-state index < -0.39 is 0 Å². The molecule has 0 spiro atoms. The summed E-state index contributed by atoms with van der Waals surface area (Å²) < 4.78 is 13.8. The van der Waals surface area contributed by atoms with E-state index in [1.165, 1.54) is 6.07 Å². The van der Waals surface area contributed by atoms with Gasteiger partial charge in [0.2, 0.25) is 0 Å². The third kappa shape index (κ3) is 3.43. The Labute approximate surface area is 144 Å². The summed E-state index contributed by atoms with van der Waals surface area (Å²) in [6.07, 6.45) is 0. The van der Waals surface area contributed by atoms with Crippen LogP contribution in [0.3, 0.4) is 0 Å². The van der Waals surface area contributed by atoms with E-state index >= 15 is 0 Å². The lowest BCUT2D eigenvalue weighted by atomic mass is 10.1. The van der Waals surface area contributed by atoms with Crippen LogP contribution in [0.1, 0.15) is 10.4 Å². The first-order chi connectivity index (χ1) is 11.1. The summed E-state index contributed by atoms with van der Waals surface area (Å²) in [5.74, 6) is -0.393. The number of anilines is 1. The lowest BCUT2D eigenvalue weighted by Gasteiger charge is -2.36. The SMILES string of the molecule is O=C(c1cc(Cl)ccc1Cl)N1CCN(c2ccccc2F)CC1. The molecule has 6 heteroatoms. The minimum atomic E-state index is -0.245. The fourth-order valence-corrected chi connectivity index (χ4v) is 3.06. The van der Waals surface area contributed by atoms with Crippen LogP contribution in [0.15, 0.2) is 42.5 Å². The molecule has 0 unspecified atom stereocenters. The fraction of sp³-hybridized carbons (Fsp3) is 0.235. The highest BCUT2D eigenvalue weighted by molar-refractivity contribution is 6.35. The molecule has 1 amide bonds. The largest absolute Gasteiger partial charge is 0.366 e. The van der Waals surface area contributed by atoms with Crippen molar-refractivity contribution in [2.75, 3.05) is 31.1 Å². The van der Waals surface area contributed by atoms with Crippen LogP contribution in [-0.2, 0) is 0 Å². The molecule has 0 radical (unpaired) electrons. The van der Waals surface area contributed by atoms with Crippen molar-refractivity contribution in [2.45, 2.75) is 0 Å². The molecule has 1 saturated heterocycles. The average Bonchev–Trinajstić information content (AvgIpc) is 2.57. The molecule has 1 aliphatic heterocycles. The van der Waals surface area contributed by atoms with Crippen LogP contribution in [0, 0.1) is 5.82 Å². The van der Waals surface area contributed by atoms with Crippen LogP contribution in [0.4, 0.5) is 10.1 Å². The molecule has 0 N–H and O–H groups in total. The Hall–Kier alpha value is -1.78. The van der Waals surface area contributed by atoms with Crippen molar-refractivity contribution in [2.24, 2.45) is 0 Å². The van der Waals surface area contributed by atoms with Crippen LogP contribution in [0.5, 0.6) is 0 Å². The summed E-state index contributed by atoms with van der Waals surface area (Å²) in [7, 11) is 0. The van der Waals surface area contributed by atoms with Gasteiger partial charge in [-0.1, -0.05) is 35.3 Å². The number of rotatable bonds is 2. The molecule has 1 heterocycles. The second-order valence-corrected chi connectivity index (χ2v) is 6.20. The van der Waals surface area contributed by atoms with Crippen LogP contribution in [-0.4, -0.2) is 37.0 Å². The highest BCUT2D eigenvalue weighted by atomic mass is 35.5. The number of carbonyl (C=O) groups is 1. The molecule has 0 saturated carbocycles. The monoisotopic (exact) mass is 352 g/mol. The number of carbonyl (C=O) groups excluding carboxylic acids is 1. The Morgan fingerprint density at radius 1 is 1.00 bits per heavy atom. The number of benzene rings is 2. The van der Waals surface area contributed by atoms with E-state index in [1.807, 2.05) is 11.0 Å². The van der Waals surface area contributed by atoms with Gasteiger partial charge in [0.05, 0.1) is 16.3 Å². The lowest BCUT2D eigenvalue weighted by molar-refractivity contribution is 0.0747. The standard InChI is InChI=1S/C17H15Cl2FN2O/c18-12-5-6-14(19)13(11-12)17(23)22-9-7-21(8-10-22)16-4-2-1-3-15(16)20/h1-6,11H,7-10H2. The third-order valence-electron chi connectivity index (χ3n) is 3.92. The Morgan fingerprint density at radius 3 is 2.39 bits per heavy atom. The van der Waals surface area contributed by atoms with Crippen molar-refractivity contribution < 1.29 is 9.18 Å². The highest BCUT2D eigenvalue weighted by Crippen LogP contribution is 2.24. The van der Waals surface area contributed by atoms with Gasteiger partial charge in [0, 0.05) is 31.2 Å². The molecular weight excluding hydrogens is 338 g/mol.